The molecule has 3 nitrogen and oxygen atoms in total. The highest BCUT2D eigenvalue weighted by Crippen LogP contribution is 2.10. The van der Waals surface area contributed by atoms with E-state index in [-0.39, 0.29) is 0 Å². The molecular formula is C14H11N3. The van der Waals surface area contributed by atoms with Crippen molar-refractivity contribution in [3.05, 3.63) is 66.1 Å². The van der Waals surface area contributed by atoms with E-state index >= 15 is 0 Å². The molecule has 0 fully saturated rings. The summed E-state index contributed by atoms with van der Waals surface area (Å²) in [6.07, 6.45) is 4.18. The zero-order chi connectivity index (χ0) is 11.5. The van der Waals surface area contributed by atoms with Gasteiger partial charge in [-0.2, -0.15) is 0 Å². The molecule has 0 atom stereocenters. The summed E-state index contributed by atoms with van der Waals surface area (Å²) in [5.41, 5.74) is 3.82. The van der Waals surface area contributed by atoms with Crippen molar-refractivity contribution in [1.29, 1.82) is 0 Å². The summed E-state index contributed by atoms with van der Waals surface area (Å²) in [6.45, 7) is 0. The summed E-state index contributed by atoms with van der Waals surface area (Å²) < 4.78 is 0. The Kier molecular flexibility index (Phi) is 2.50. The molecular weight excluding hydrogens is 210 g/mol. The lowest BCUT2D eigenvalue weighted by Gasteiger charge is -2.02. The summed E-state index contributed by atoms with van der Waals surface area (Å²) in [5, 5.41) is 0. The molecule has 0 unspecified atom stereocenters. The predicted molar refractivity (Wildman–Crippen MR) is 66.6 cm³/mol. The van der Waals surface area contributed by atoms with Gasteiger partial charge in [0.1, 0.15) is 5.52 Å². The number of aromatic nitrogens is 3. The first-order valence-electron chi connectivity index (χ1n) is 5.52. The van der Waals surface area contributed by atoms with Crippen LogP contribution in [0.5, 0.6) is 0 Å². The second kappa shape index (κ2) is 4.29. The lowest BCUT2D eigenvalue weighted by Crippen LogP contribution is -1.94. The van der Waals surface area contributed by atoms with Crippen molar-refractivity contribution in [3.63, 3.8) is 0 Å². The van der Waals surface area contributed by atoms with Crippen LogP contribution in [0.3, 0.4) is 0 Å². The van der Waals surface area contributed by atoms with Crippen molar-refractivity contribution >= 4 is 11.2 Å². The number of benzene rings is 1. The Balaban J connectivity index is 1.96. The molecule has 0 aliphatic rings. The minimum atomic E-state index is 0.709. The monoisotopic (exact) mass is 221 g/mol. The van der Waals surface area contributed by atoms with Crippen molar-refractivity contribution in [2.24, 2.45) is 0 Å². The van der Waals surface area contributed by atoms with Crippen LogP contribution < -0.4 is 0 Å². The number of nitrogens with zero attached hydrogens (tertiary/aromatic N) is 3. The highest BCUT2D eigenvalue weighted by Gasteiger charge is 2.00. The Hall–Kier alpha value is -2.29. The van der Waals surface area contributed by atoms with Gasteiger partial charge in [-0.25, -0.2) is 9.97 Å². The Morgan fingerprint density at radius 1 is 0.824 bits per heavy atom. The third kappa shape index (κ3) is 2.13. The second-order valence-corrected chi connectivity index (χ2v) is 3.86. The first-order chi connectivity index (χ1) is 8.42. The summed E-state index contributed by atoms with van der Waals surface area (Å²) in [7, 11) is 0. The van der Waals surface area contributed by atoms with Gasteiger partial charge in [0.05, 0.1) is 0 Å². The summed E-state index contributed by atoms with van der Waals surface area (Å²) in [6, 6.07) is 14.3. The standard InChI is InChI=1S/C14H11N3/c1-2-4-11(5-3-1)10-12-6-7-13-14(17-12)16-9-8-15-13/h1-9H,10H2. The van der Waals surface area contributed by atoms with Gasteiger partial charge >= 0.3 is 0 Å². The van der Waals surface area contributed by atoms with Crippen molar-refractivity contribution in [3.8, 4) is 0 Å². The Labute approximate surface area is 99.2 Å². The Bertz CT molecular complexity index is 635. The van der Waals surface area contributed by atoms with Crippen LogP contribution in [-0.2, 0) is 6.42 Å². The summed E-state index contributed by atoms with van der Waals surface area (Å²) in [4.78, 5) is 12.9. The quantitative estimate of drug-likeness (QED) is 0.667. The SMILES string of the molecule is c1ccc(Cc2ccc3nccnc3n2)cc1. The number of hydrogen-bond donors (Lipinski definition) is 0. The third-order valence-corrected chi connectivity index (χ3v) is 2.62. The van der Waals surface area contributed by atoms with Gasteiger partial charge in [-0.1, -0.05) is 30.3 Å². The Morgan fingerprint density at radius 3 is 2.53 bits per heavy atom. The second-order valence-electron chi connectivity index (χ2n) is 3.86. The van der Waals surface area contributed by atoms with E-state index in [1.54, 1.807) is 12.4 Å². The Morgan fingerprint density at radius 2 is 1.65 bits per heavy atom. The maximum atomic E-state index is 4.50. The summed E-state index contributed by atoms with van der Waals surface area (Å²) >= 11 is 0. The lowest BCUT2D eigenvalue weighted by atomic mass is 10.1. The zero-order valence-electron chi connectivity index (χ0n) is 9.24. The molecule has 0 radical (unpaired) electrons. The van der Waals surface area contributed by atoms with Crippen LogP contribution in [0.15, 0.2) is 54.9 Å². The summed E-state index contributed by atoms with van der Waals surface area (Å²) in [5.74, 6) is 0. The van der Waals surface area contributed by atoms with Crippen molar-refractivity contribution in [2.75, 3.05) is 0 Å². The molecule has 0 spiro atoms. The van der Waals surface area contributed by atoms with E-state index < -0.39 is 0 Å². The molecule has 82 valence electrons. The fraction of sp³-hybridized carbons (Fsp3) is 0.0714. The average Bonchev–Trinajstić information content (AvgIpc) is 2.40. The minimum absolute atomic E-state index is 0.709. The topological polar surface area (TPSA) is 38.7 Å². The van der Waals surface area contributed by atoms with Gasteiger partial charge in [0.15, 0.2) is 5.65 Å². The fourth-order valence-corrected chi connectivity index (χ4v) is 1.80. The van der Waals surface area contributed by atoms with E-state index in [0.717, 1.165) is 17.6 Å². The smallest absolute Gasteiger partial charge is 0.178 e. The number of fused-ring (bicyclic) bond motifs is 1. The molecule has 0 N–H and O–H groups in total. The average molecular weight is 221 g/mol. The van der Waals surface area contributed by atoms with Gasteiger partial charge in [0, 0.05) is 24.5 Å². The van der Waals surface area contributed by atoms with Crippen LogP contribution in [-0.4, -0.2) is 15.0 Å². The van der Waals surface area contributed by atoms with E-state index in [2.05, 4.69) is 27.1 Å². The third-order valence-electron chi connectivity index (χ3n) is 2.62. The molecule has 0 amide bonds. The molecule has 1 aromatic carbocycles. The van der Waals surface area contributed by atoms with E-state index in [1.165, 1.54) is 5.56 Å². The molecule has 2 heterocycles. The van der Waals surface area contributed by atoms with Gasteiger partial charge in [0.25, 0.3) is 0 Å². The molecule has 3 rings (SSSR count). The highest BCUT2D eigenvalue weighted by atomic mass is 14.9. The van der Waals surface area contributed by atoms with Crippen LogP contribution in [0.1, 0.15) is 11.3 Å². The van der Waals surface area contributed by atoms with Gasteiger partial charge in [-0.15, -0.1) is 0 Å². The van der Waals surface area contributed by atoms with Crippen LogP contribution in [0.2, 0.25) is 0 Å². The maximum absolute atomic E-state index is 4.50. The molecule has 2 aromatic heterocycles. The van der Waals surface area contributed by atoms with E-state index in [4.69, 9.17) is 0 Å². The molecule has 17 heavy (non-hydrogen) atoms. The normalized spacial score (nSPS) is 10.6. The molecule has 0 aliphatic carbocycles. The van der Waals surface area contributed by atoms with E-state index in [9.17, 15) is 0 Å². The number of hydrogen-bond acceptors (Lipinski definition) is 3. The molecule has 3 aromatic rings. The first-order valence-corrected chi connectivity index (χ1v) is 5.52. The van der Waals surface area contributed by atoms with Crippen LogP contribution in [0.4, 0.5) is 0 Å². The molecule has 0 saturated carbocycles. The van der Waals surface area contributed by atoms with Crippen molar-refractivity contribution in [1.82, 2.24) is 15.0 Å². The van der Waals surface area contributed by atoms with Gasteiger partial charge in [-0.05, 0) is 17.7 Å². The van der Waals surface area contributed by atoms with Gasteiger partial charge < -0.3 is 0 Å². The lowest BCUT2D eigenvalue weighted by molar-refractivity contribution is 1.08. The number of rotatable bonds is 2. The fourth-order valence-electron chi connectivity index (χ4n) is 1.80. The predicted octanol–water partition coefficient (Wildman–Crippen LogP) is 2.62. The highest BCUT2D eigenvalue weighted by molar-refractivity contribution is 5.68. The van der Waals surface area contributed by atoms with Crippen molar-refractivity contribution < 1.29 is 0 Å². The molecule has 0 saturated heterocycles. The van der Waals surface area contributed by atoms with Crippen LogP contribution in [0.25, 0.3) is 11.2 Å². The maximum Gasteiger partial charge on any atom is 0.178 e. The molecule has 0 bridgehead atoms. The zero-order valence-corrected chi connectivity index (χ0v) is 9.24. The van der Waals surface area contributed by atoms with Crippen molar-refractivity contribution in [2.45, 2.75) is 6.42 Å². The van der Waals surface area contributed by atoms with Gasteiger partial charge in [-0.3, -0.25) is 4.98 Å². The van der Waals surface area contributed by atoms with Crippen LogP contribution >= 0.6 is 0 Å². The minimum Gasteiger partial charge on any atom is -0.251 e. The molecule has 3 heteroatoms. The van der Waals surface area contributed by atoms with Crippen LogP contribution in [0, 0.1) is 0 Å². The largest absolute Gasteiger partial charge is 0.251 e. The first kappa shape index (κ1) is 9.90. The van der Waals surface area contributed by atoms with Gasteiger partial charge in [0.2, 0.25) is 0 Å². The van der Waals surface area contributed by atoms with E-state index in [1.807, 2.05) is 30.3 Å². The molecule has 0 aliphatic heterocycles. The number of pyridine rings is 1. The van der Waals surface area contributed by atoms with E-state index in [0.29, 0.717) is 5.65 Å².